The van der Waals surface area contributed by atoms with Gasteiger partial charge in [0.1, 0.15) is 0 Å². The first-order chi connectivity index (χ1) is 11.8. The Morgan fingerprint density at radius 1 is 1.36 bits per heavy atom. The van der Waals surface area contributed by atoms with Gasteiger partial charge in [0.25, 0.3) is 0 Å². The average molecular weight is 391 g/mol. The van der Waals surface area contributed by atoms with E-state index in [4.69, 9.17) is 11.6 Å². The summed E-state index contributed by atoms with van der Waals surface area (Å²) in [5, 5.41) is 3.26. The van der Waals surface area contributed by atoms with E-state index in [1.807, 2.05) is 18.2 Å². The molecule has 0 aliphatic heterocycles. The zero-order valence-corrected chi connectivity index (χ0v) is 15.2. The molecule has 0 saturated carbocycles. The number of halogens is 4. The molecule has 136 valence electrons. The molecule has 1 heterocycles. The highest BCUT2D eigenvalue weighted by molar-refractivity contribution is 7.09. The summed E-state index contributed by atoms with van der Waals surface area (Å²) in [6, 6.07) is 7.44. The van der Waals surface area contributed by atoms with E-state index < -0.39 is 12.6 Å². The van der Waals surface area contributed by atoms with Crippen molar-refractivity contribution < 1.29 is 18.0 Å². The zero-order valence-electron chi connectivity index (χ0n) is 13.6. The van der Waals surface area contributed by atoms with E-state index in [1.165, 1.54) is 16.2 Å². The van der Waals surface area contributed by atoms with E-state index >= 15 is 0 Å². The lowest BCUT2D eigenvalue weighted by Crippen LogP contribution is -2.35. The summed E-state index contributed by atoms with van der Waals surface area (Å²) in [5.74, 6) is -0.341. The van der Waals surface area contributed by atoms with Gasteiger partial charge in [0, 0.05) is 29.9 Å². The minimum atomic E-state index is -4.27. The van der Waals surface area contributed by atoms with Crippen LogP contribution in [0, 0.1) is 0 Å². The molecule has 0 aliphatic rings. The Morgan fingerprint density at radius 2 is 2.12 bits per heavy atom. The highest BCUT2D eigenvalue weighted by Gasteiger charge is 2.28. The molecular weight excluding hydrogens is 373 g/mol. The molecule has 2 aromatic rings. The molecule has 3 nitrogen and oxygen atoms in total. The molecule has 0 bridgehead atoms. The summed E-state index contributed by atoms with van der Waals surface area (Å²) in [6.07, 6.45) is -4.65. The predicted molar refractivity (Wildman–Crippen MR) is 93.0 cm³/mol. The third-order valence-corrected chi connectivity index (χ3v) is 4.71. The van der Waals surface area contributed by atoms with Crippen molar-refractivity contribution >= 4 is 28.8 Å². The third kappa shape index (κ3) is 6.66. The number of nitrogens with zero attached hydrogens (tertiary/aromatic N) is 2. The summed E-state index contributed by atoms with van der Waals surface area (Å²) >= 11 is 7.37. The summed E-state index contributed by atoms with van der Waals surface area (Å²) < 4.78 is 37.0. The molecule has 1 aromatic heterocycles. The van der Waals surface area contributed by atoms with Gasteiger partial charge in [-0.3, -0.25) is 4.79 Å². The van der Waals surface area contributed by atoms with E-state index in [2.05, 4.69) is 4.98 Å². The van der Waals surface area contributed by atoms with Crippen molar-refractivity contribution in [2.24, 2.45) is 0 Å². The normalized spacial score (nSPS) is 11.6. The van der Waals surface area contributed by atoms with E-state index in [1.54, 1.807) is 18.4 Å². The van der Waals surface area contributed by atoms with Crippen LogP contribution in [0.25, 0.3) is 0 Å². The van der Waals surface area contributed by atoms with Crippen LogP contribution in [0.5, 0.6) is 0 Å². The maximum atomic E-state index is 12.3. The van der Waals surface area contributed by atoms with Crippen molar-refractivity contribution in [1.29, 1.82) is 0 Å². The Kier molecular flexibility index (Phi) is 6.84. The number of alkyl halides is 3. The Balaban J connectivity index is 1.94. The van der Waals surface area contributed by atoms with Crippen molar-refractivity contribution in [2.45, 2.75) is 32.4 Å². The van der Waals surface area contributed by atoms with Gasteiger partial charge in [-0.15, -0.1) is 11.3 Å². The second kappa shape index (κ2) is 8.67. The van der Waals surface area contributed by atoms with Crippen molar-refractivity contribution in [3.8, 4) is 0 Å². The second-order valence-corrected chi connectivity index (χ2v) is 6.93. The fraction of sp³-hybridized carbons (Fsp3) is 0.412. The molecular formula is C17H18ClF3N2OS. The van der Waals surface area contributed by atoms with Crippen molar-refractivity contribution in [1.82, 2.24) is 9.88 Å². The van der Waals surface area contributed by atoms with Crippen LogP contribution in [0.3, 0.4) is 0 Å². The van der Waals surface area contributed by atoms with Gasteiger partial charge < -0.3 is 4.90 Å². The molecule has 0 N–H and O–H groups in total. The lowest BCUT2D eigenvalue weighted by atomic mass is 10.2. The van der Waals surface area contributed by atoms with Gasteiger partial charge >= 0.3 is 6.18 Å². The van der Waals surface area contributed by atoms with Crippen LogP contribution in [-0.2, 0) is 17.6 Å². The maximum Gasteiger partial charge on any atom is 0.390 e. The van der Waals surface area contributed by atoms with Gasteiger partial charge in [-0.05, 0) is 24.6 Å². The fourth-order valence-electron chi connectivity index (χ4n) is 2.32. The van der Waals surface area contributed by atoms with E-state index in [-0.39, 0.29) is 25.4 Å². The van der Waals surface area contributed by atoms with Crippen LogP contribution in [0.15, 0.2) is 29.6 Å². The summed E-state index contributed by atoms with van der Waals surface area (Å²) in [4.78, 5) is 17.8. The van der Waals surface area contributed by atoms with Gasteiger partial charge in [-0.25, -0.2) is 4.98 Å². The van der Waals surface area contributed by atoms with Gasteiger partial charge in [0.05, 0.1) is 23.5 Å². The van der Waals surface area contributed by atoms with Gasteiger partial charge in [-0.2, -0.15) is 13.2 Å². The molecule has 0 saturated heterocycles. The van der Waals surface area contributed by atoms with Gasteiger partial charge in [0.15, 0.2) is 0 Å². The molecule has 1 amide bonds. The summed E-state index contributed by atoms with van der Waals surface area (Å²) in [7, 11) is 0. The van der Waals surface area contributed by atoms with Crippen LogP contribution < -0.4 is 0 Å². The largest absolute Gasteiger partial charge is 0.390 e. The molecule has 8 heteroatoms. The number of thiazole rings is 1. The summed E-state index contributed by atoms with van der Waals surface area (Å²) in [5.41, 5.74) is 1.59. The minimum absolute atomic E-state index is 0.0116. The number of aromatic nitrogens is 1. The standard InChI is InChI=1S/C17H18ClF3N2OS/c1-2-23(7-6-17(19,20)21)16(24)10-14-11-25-15(22-14)9-12-4-3-5-13(18)8-12/h3-5,8,11H,2,6-7,9-10H2,1H3. The highest BCUT2D eigenvalue weighted by Crippen LogP contribution is 2.21. The first-order valence-corrected chi connectivity index (χ1v) is 9.05. The molecule has 2 rings (SSSR count). The molecule has 25 heavy (non-hydrogen) atoms. The number of likely N-dealkylation sites (N-methyl/N-ethyl adjacent to an activating group) is 1. The van der Waals surface area contributed by atoms with Crippen LogP contribution in [0.2, 0.25) is 5.02 Å². The van der Waals surface area contributed by atoms with Crippen LogP contribution in [0.4, 0.5) is 13.2 Å². The lowest BCUT2D eigenvalue weighted by molar-refractivity contribution is -0.144. The highest BCUT2D eigenvalue weighted by atomic mass is 35.5. The Bertz CT molecular complexity index is 718. The third-order valence-electron chi connectivity index (χ3n) is 3.58. The Labute approximate surface area is 153 Å². The number of benzene rings is 1. The molecule has 0 spiro atoms. The molecule has 0 unspecified atom stereocenters. The molecule has 0 radical (unpaired) electrons. The Morgan fingerprint density at radius 3 is 2.76 bits per heavy atom. The number of carbonyl (C=O) groups is 1. The smallest absolute Gasteiger partial charge is 0.342 e. The maximum absolute atomic E-state index is 12.3. The monoisotopic (exact) mass is 390 g/mol. The van der Waals surface area contributed by atoms with E-state index in [0.717, 1.165) is 10.6 Å². The van der Waals surface area contributed by atoms with Crippen molar-refractivity contribution in [3.05, 3.63) is 50.9 Å². The van der Waals surface area contributed by atoms with Crippen molar-refractivity contribution in [3.63, 3.8) is 0 Å². The quantitative estimate of drug-likeness (QED) is 0.684. The minimum Gasteiger partial charge on any atom is -0.342 e. The molecule has 0 atom stereocenters. The molecule has 0 fully saturated rings. The molecule has 0 aliphatic carbocycles. The van der Waals surface area contributed by atoms with E-state index in [9.17, 15) is 18.0 Å². The van der Waals surface area contributed by atoms with Crippen LogP contribution in [0.1, 0.15) is 29.6 Å². The SMILES string of the molecule is CCN(CCC(F)(F)F)C(=O)Cc1csc(Cc2cccc(Cl)c2)n1. The first kappa shape index (κ1) is 19.7. The fourth-order valence-corrected chi connectivity index (χ4v) is 3.36. The topological polar surface area (TPSA) is 33.2 Å². The predicted octanol–water partition coefficient (Wildman–Crippen LogP) is 4.73. The molecule has 1 aromatic carbocycles. The van der Waals surface area contributed by atoms with Crippen LogP contribution in [-0.4, -0.2) is 35.1 Å². The first-order valence-electron chi connectivity index (χ1n) is 7.79. The van der Waals surface area contributed by atoms with E-state index in [0.29, 0.717) is 17.1 Å². The van der Waals surface area contributed by atoms with Crippen molar-refractivity contribution in [2.75, 3.05) is 13.1 Å². The Hall–Kier alpha value is -1.60. The zero-order chi connectivity index (χ0) is 18.4. The average Bonchev–Trinajstić information content (AvgIpc) is 2.93. The summed E-state index contributed by atoms with van der Waals surface area (Å²) in [6.45, 7) is 1.59. The second-order valence-electron chi connectivity index (χ2n) is 5.55. The van der Waals surface area contributed by atoms with Crippen LogP contribution >= 0.6 is 22.9 Å². The van der Waals surface area contributed by atoms with Gasteiger partial charge in [-0.1, -0.05) is 23.7 Å². The number of amides is 1. The van der Waals surface area contributed by atoms with Gasteiger partial charge in [0.2, 0.25) is 5.91 Å². The number of hydrogen-bond donors (Lipinski definition) is 0. The number of hydrogen-bond acceptors (Lipinski definition) is 3. The number of carbonyl (C=O) groups excluding carboxylic acids is 1. The number of rotatable bonds is 7. The lowest BCUT2D eigenvalue weighted by Gasteiger charge is -2.21.